The molecule has 0 fully saturated rings. The molecule has 1 rings (SSSR count). The van der Waals surface area contributed by atoms with E-state index in [9.17, 15) is 0 Å². The Morgan fingerprint density at radius 1 is 0.938 bits per heavy atom. The largest absolute Gasteiger partial charge is 2.00 e. The fourth-order valence-electron chi connectivity index (χ4n) is 2.32. The third-order valence-electron chi connectivity index (χ3n) is 2.53. The van der Waals surface area contributed by atoms with Crippen LogP contribution in [0.15, 0.2) is 30.3 Å². The minimum atomic E-state index is 0. The van der Waals surface area contributed by atoms with E-state index >= 15 is 0 Å². The molecule has 1 aromatic rings. The molecule has 0 N–H and O–H groups in total. The molecule has 0 unspecified atom stereocenters. The monoisotopic (exact) mass is 364 g/mol. The van der Waals surface area contributed by atoms with Gasteiger partial charge in [-0.3, -0.25) is 0 Å². The van der Waals surface area contributed by atoms with Crippen LogP contribution in [0.4, 0.5) is 0 Å². The summed E-state index contributed by atoms with van der Waals surface area (Å²) in [5.41, 5.74) is 2.11. The van der Waals surface area contributed by atoms with E-state index in [1.165, 1.54) is 12.0 Å². The van der Waals surface area contributed by atoms with Crippen molar-refractivity contribution in [3.63, 3.8) is 0 Å². The summed E-state index contributed by atoms with van der Waals surface area (Å²) in [7, 11) is 0. The first kappa shape index (κ1) is 19.5. The van der Waals surface area contributed by atoms with E-state index in [1.54, 1.807) is 0 Å². The summed E-state index contributed by atoms with van der Waals surface area (Å²) < 4.78 is 0. The Hall–Kier alpha value is 1.14. The average Bonchev–Trinajstić information content (AvgIpc) is 2.01. The zero-order valence-electron chi connectivity index (χ0n) is 13.3. The molecule has 0 heterocycles. The van der Waals surface area contributed by atoms with Crippen LogP contribution >= 0.6 is 13.5 Å². The van der Waals surface area contributed by atoms with Crippen LogP contribution in [0.1, 0.15) is 49.5 Å². The first-order valence-corrected chi connectivity index (χ1v) is 5.37. The van der Waals surface area contributed by atoms with Gasteiger partial charge in [-0.1, -0.05) is 65.0 Å². The fraction of sp³-hybridized carbons (Fsp3) is 0.571. The Morgan fingerprint density at radius 2 is 1.38 bits per heavy atom. The molecule has 0 saturated heterocycles. The van der Waals surface area contributed by atoms with Gasteiger partial charge in [0.1, 0.15) is 0 Å². The quantitative estimate of drug-likeness (QED) is 0.685. The minimum Gasteiger partial charge on any atom is -1.00 e. The number of hydrogen-bond donors (Lipinski definition) is 0. The van der Waals surface area contributed by atoms with Crippen molar-refractivity contribution in [1.82, 2.24) is 0 Å². The molecule has 0 aliphatic rings. The summed E-state index contributed by atoms with van der Waals surface area (Å²) in [6, 6.07) is 10.8. The SMILES string of the molecule is CC(C)(C)CC(C)(C)c1ccccc1.S.[Ba+2].[H-].[H-]. The van der Waals surface area contributed by atoms with Gasteiger partial charge in [0.05, 0.1) is 0 Å². The Kier molecular flexibility index (Phi) is 9.19. The van der Waals surface area contributed by atoms with Crippen molar-refractivity contribution < 1.29 is 2.85 Å². The zero-order chi connectivity index (χ0) is 10.8. The van der Waals surface area contributed by atoms with Crippen LogP contribution < -0.4 is 0 Å². The van der Waals surface area contributed by atoms with E-state index in [0.29, 0.717) is 5.41 Å². The third kappa shape index (κ3) is 6.77. The molecular weight excluding hydrogens is 338 g/mol. The molecule has 16 heavy (non-hydrogen) atoms. The van der Waals surface area contributed by atoms with Gasteiger partial charge < -0.3 is 2.85 Å². The van der Waals surface area contributed by atoms with Crippen LogP contribution in [0, 0.1) is 5.41 Å². The van der Waals surface area contributed by atoms with E-state index in [2.05, 4.69) is 65.0 Å². The Bertz CT molecular complexity index is 294. The maximum atomic E-state index is 2.33. The van der Waals surface area contributed by atoms with Crippen molar-refractivity contribution >= 4 is 62.4 Å². The van der Waals surface area contributed by atoms with Gasteiger partial charge in [-0.2, -0.15) is 13.5 Å². The minimum absolute atomic E-state index is 0. The van der Waals surface area contributed by atoms with E-state index < -0.39 is 0 Å². The molecule has 2 heteroatoms. The van der Waals surface area contributed by atoms with Crippen molar-refractivity contribution in [2.45, 2.75) is 46.5 Å². The molecule has 0 bridgehead atoms. The predicted molar refractivity (Wildman–Crippen MR) is 81.9 cm³/mol. The van der Waals surface area contributed by atoms with Crippen LogP contribution in [0.3, 0.4) is 0 Å². The second kappa shape index (κ2) is 7.55. The number of hydrogen-bond acceptors (Lipinski definition) is 0. The zero-order valence-corrected chi connectivity index (χ0v) is 16.7. The molecule has 0 aliphatic heterocycles. The van der Waals surface area contributed by atoms with Gasteiger partial charge in [-0.05, 0) is 22.8 Å². The number of benzene rings is 1. The van der Waals surface area contributed by atoms with Gasteiger partial charge in [0.25, 0.3) is 0 Å². The molecule has 0 amide bonds. The van der Waals surface area contributed by atoms with Gasteiger partial charge in [-0.15, -0.1) is 0 Å². The molecule has 0 radical (unpaired) electrons. The van der Waals surface area contributed by atoms with Crippen LogP contribution in [0.2, 0.25) is 0 Å². The van der Waals surface area contributed by atoms with Crippen LogP contribution in [0.25, 0.3) is 0 Å². The smallest absolute Gasteiger partial charge is 1.00 e. The molecule has 0 nitrogen and oxygen atoms in total. The predicted octanol–water partition coefficient (Wildman–Crippen LogP) is 4.36. The fourth-order valence-corrected chi connectivity index (χ4v) is 2.32. The van der Waals surface area contributed by atoms with E-state index in [4.69, 9.17) is 0 Å². The van der Waals surface area contributed by atoms with E-state index in [0.717, 1.165) is 0 Å². The van der Waals surface area contributed by atoms with Gasteiger partial charge in [0, 0.05) is 0 Å². The second-order valence-electron chi connectivity index (χ2n) is 5.99. The van der Waals surface area contributed by atoms with E-state index in [-0.39, 0.29) is 70.6 Å². The molecule has 0 atom stereocenters. The average molecular weight is 364 g/mol. The summed E-state index contributed by atoms with van der Waals surface area (Å²) in [5.74, 6) is 0. The maximum absolute atomic E-state index is 2.33. The Labute approximate surface area is 151 Å². The molecule has 0 aromatic heterocycles. The normalized spacial score (nSPS) is 11.3. The van der Waals surface area contributed by atoms with Crippen LogP contribution in [0.5, 0.6) is 0 Å². The Morgan fingerprint density at radius 3 is 1.75 bits per heavy atom. The Balaban J connectivity index is -0.000000245. The van der Waals surface area contributed by atoms with Crippen LogP contribution in [-0.4, -0.2) is 48.9 Å². The van der Waals surface area contributed by atoms with Gasteiger partial charge in [0.2, 0.25) is 0 Å². The van der Waals surface area contributed by atoms with Crippen molar-refractivity contribution in [2.24, 2.45) is 5.41 Å². The molecule has 0 spiro atoms. The molecule has 90 valence electrons. The standard InChI is InChI=1S/C14H22.Ba.H2S.2H/c1-13(2,3)11-14(4,5)12-9-7-6-8-10-12;;;;/h6-10H,11H2,1-5H3;;1H2;;/q;+2;;2*-1. The third-order valence-corrected chi connectivity index (χ3v) is 2.53. The van der Waals surface area contributed by atoms with Crippen LogP contribution in [-0.2, 0) is 5.41 Å². The van der Waals surface area contributed by atoms with Gasteiger partial charge >= 0.3 is 48.9 Å². The van der Waals surface area contributed by atoms with Crippen molar-refractivity contribution in [3.8, 4) is 0 Å². The molecular formula is C14H26BaS. The number of rotatable bonds is 2. The topological polar surface area (TPSA) is 0 Å². The van der Waals surface area contributed by atoms with Crippen molar-refractivity contribution in [3.05, 3.63) is 35.9 Å². The van der Waals surface area contributed by atoms with Gasteiger partial charge in [-0.25, -0.2) is 0 Å². The molecule has 0 aliphatic carbocycles. The molecule has 0 saturated carbocycles. The summed E-state index contributed by atoms with van der Waals surface area (Å²) in [4.78, 5) is 0. The second-order valence-corrected chi connectivity index (χ2v) is 5.99. The van der Waals surface area contributed by atoms with Gasteiger partial charge in [0.15, 0.2) is 0 Å². The summed E-state index contributed by atoms with van der Waals surface area (Å²) >= 11 is 0. The first-order chi connectivity index (χ1) is 6.31. The maximum Gasteiger partial charge on any atom is 2.00 e. The molecule has 1 aromatic carbocycles. The van der Waals surface area contributed by atoms with Crippen molar-refractivity contribution in [1.29, 1.82) is 0 Å². The summed E-state index contributed by atoms with van der Waals surface area (Å²) in [6.07, 6.45) is 1.21. The summed E-state index contributed by atoms with van der Waals surface area (Å²) in [5, 5.41) is 0. The summed E-state index contributed by atoms with van der Waals surface area (Å²) in [6.45, 7) is 11.6. The van der Waals surface area contributed by atoms with Crippen molar-refractivity contribution in [2.75, 3.05) is 0 Å². The van der Waals surface area contributed by atoms with E-state index in [1.807, 2.05) is 0 Å². The first-order valence-electron chi connectivity index (χ1n) is 5.37.